The number of benzene rings is 10. The number of hydrogen-bond acceptors (Lipinski definition) is 2. The van der Waals surface area contributed by atoms with Crippen LogP contribution >= 0.6 is 22.7 Å². The Morgan fingerprint density at radius 3 is 0.625 bits per heavy atom. The van der Waals surface area contributed by atoms with Crippen molar-refractivity contribution in [3.8, 4) is 77.9 Å². The number of rotatable bonds is 7. The Balaban J connectivity index is 0.00000225. The van der Waals surface area contributed by atoms with Crippen LogP contribution in [0.5, 0.6) is 0 Å². The van der Waals surface area contributed by atoms with E-state index < -0.39 is 0 Å². The zero-order chi connectivity index (χ0) is 43.0. The average molecular weight is 853 g/mol. The predicted molar refractivity (Wildman–Crippen MR) is 282 cm³/mol. The highest BCUT2D eigenvalue weighted by molar-refractivity contribution is 7.26. The highest BCUT2D eigenvalue weighted by Crippen LogP contribution is 2.43. The Bertz CT molecular complexity index is 3240. The fourth-order valence-corrected chi connectivity index (χ4v) is 11.2. The molecule has 2 heteroatoms. The number of fused-ring (bicyclic) bond motifs is 6. The zero-order valence-electron chi connectivity index (χ0n) is 35.8. The lowest BCUT2D eigenvalue weighted by Crippen LogP contribution is -1.86. The van der Waals surface area contributed by atoms with Crippen LogP contribution in [0.2, 0.25) is 0 Å². The van der Waals surface area contributed by atoms with Crippen LogP contribution in [0.4, 0.5) is 0 Å². The standard InChI is InChI=1S/C60H38S2.C2H6/c1-5-13-39(14-6-1)47-29-48(40-15-7-2-8-16-40)32-51(31-47)45-23-27-59-55(37-45)53-35-43(21-25-57(53)61-59)44-22-26-58-54(36-44)56-38-46(24-28-60(56)62-58)52-33-49(41-17-9-3-10-18-41)30-50(34-52)42-19-11-4-12-20-42;1-2/h1-38H;1-2H3. The van der Waals surface area contributed by atoms with E-state index in [1.807, 2.05) is 36.5 Å². The van der Waals surface area contributed by atoms with Crippen LogP contribution in [0.3, 0.4) is 0 Å². The first kappa shape index (κ1) is 39.5. The topological polar surface area (TPSA) is 0 Å². The first-order chi connectivity index (χ1) is 31.7. The van der Waals surface area contributed by atoms with Crippen molar-refractivity contribution in [2.45, 2.75) is 13.8 Å². The van der Waals surface area contributed by atoms with E-state index in [4.69, 9.17) is 0 Å². The maximum absolute atomic E-state index is 2.41. The third-order valence-electron chi connectivity index (χ3n) is 12.2. The van der Waals surface area contributed by atoms with Crippen LogP contribution in [-0.4, -0.2) is 0 Å². The first-order valence-electron chi connectivity index (χ1n) is 22.1. The summed E-state index contributed by atoms with van der Waals surface area (Å²) in [5.74, 6) is 0. The molecular formula is C62H44S2. The molecule has 304 valence electrons. The van der Waals surface area contributed by atoms with Crippen LogP contribution in [0.25, 0.3) is 118 Å². The molecule has 0 aliphatic carbocycles. The minimum absolute atomic E-state index is 1.22. The van der Waals surface area contributed by atoms with Crippen molar-refractivity contribution in [3.05, 3.63) is 231 Å². The molecule has 2 heterocycles. The minimum atomic E-state index is 1.22. The van der Waals surface area contributed by atoms with Gasteiger partial charge in [-0.05, 0) is 163 Å². The van der Waals surface area contributed by atoms with E-state index in [0.717, 1.165) is 0 Å². The van der Waals surface area contributed by atoms with E-state index in [9.17, 15) is 0 Å². The van der Waals surface area contributed by atoms with Crippen molar-refractivity contribution < 1.29 is 0 Å². The Labute approximate surface area is 383 Å². The van der Waals surface area contributed by atoms with Crippen molar-refractivity contribution in [2.75, 3.05) is 0 Å². The van der Waals surface area contributed by atoms with Crippen molar-refractivity contribution in [1.29, 1.82) is 0 Å². The van der Waals surface area contributed by atoms with Gasteiger partial charge in [0.2, 0.25) is 0 Å². The number of hydrogen-bond donors (Lipinski definition) is 0. The van der Waals surface area contributed by atoms with Gasteiger partial charge in [-0.1, -0.05) is 159 Å². The van der Waals surface area contributed by atoms with E-state index >= 15 is 0 Å². The van der Waals surface area contributed by atoms with Gasteiger partial charge < -0.3 is 0 Å². The van der Waals surface area contributed by atoms with E-state index in [1.54, 1.807) is 0 Å². The van der Waals surface area contributed by atoms with Gasteiger partial charge in [0, 0.05) is 40.3 Å². The van der Waals surface area contributed by atoms with E-state index in [-0.39, 0.29) is 0 Å². The van der Waals surface area contributed by atoms with Gasteiger partial charge in [0.25, 0.3) is 0 Å². The summed E-state index contributed by atoms with van der Waals surface area (Å²) in [5, 5.41) is 5.21. The quantitative estimate of drug-likeness (QED) is 0.150. The molecule has 0 N–H and O–H groups in total. The SMILES string of the molecule is CC.c1ccc(-c2cc(-c3ccccc3)cc(-c3ccc4sc5ccc(-c6ccc7sc8ccc(-c9cc(-c%10ccccc%10)cc(-c%10ccccc%10)c9)cc8c7c6)cc5c4c3)c2)cc1. The van der Waals surface area contributed by atoms with Gasteiger partial charge in [0.05, 0.1) is 0 Å². The van der Waals surface area contributed by atoms with Crippen molar-refractivity contribution >= 4 is 63.0 Å². The van der Waals surface area contributed by atoms with Gasteiger partial charge in [0.1, 0.15) is 0 Å². The summed E-state index contributed by atoms with van der Waals surface area (Å²) < 4.78 is 5.23. The molecule has 0 spiro atoms. The Hall–Kier alpha value is -7.36. The van der Waals surface area contributed by atoms with Crippen LogP contribution in [0.1, 0.15) is 13.8 Å². The van der Waals surface area contributed by atoms with E-state index in [2.05, 4.69) is 231 Å². The summed E-state index contributed by atoms with van der Waals surface area (Å²) in [7, 11) is 0. The second-order valence-electron chi connectivity index (χ2n) is 16.1. The molecular weight excluding hydrogens is 809 g/mol. The third kappa shape index (κ3) is 7.51. The molecule has 64 heavy (non-hydrogen) atoms. The van der Waals surface area contributed by atoms with Gasteiger partial charge in [-0.2, -0.15) is 0 Å². The molecule has 0 bridgehead atoms. The molecule has 0 fully saturated rings. The molecule has 10 aromatic carbocycles. The molecule has 0 amide bonds. The highest BCUT2D eigenvalue weighted by Gasteiger charge is 2.15. The minimum Gasteiger partial charge on any atom is -0.135 e. The molecule has 0 aliphatic heterocycles. The fraction of sp³-hybridized carbons (Fsp3) is 0.0323. The van der Waals surface area contributed by atoms with Crippen LogP contribution in [0.15, 0.2) is 231 Å². The number of thiophene rings is 2. The summed E-state index contributed by atoms with van der Waals surface area (Å²) >= 11 is 3.75. The Kier molecular flexibility index (Phi) is 10.5. The van der Waals surface area contributed by atoms with Crippen LogP contribution < -0.4 is 0 Å². The third-order valence-corrected chi connectivity index (χ3v) is 14.5. The van der Waals surface area contributed by atoms with Crippen LogP contribution in [-0.2, 0) is 0 Å². The summed E-state index contributed by atoms with van der Waals surface area (Å²) in [6.45, 7) is 4.00. The molecule has 0 unspecified atom stereocenters. The van der Waals surface area contributed by atoms with Crippen molar-refractivity contribution in [2.24, 2.45) is 0 Å². The largest absolute Gasteiger partial charge is 0.135 e. The molecule has 0 aliphatic rings. The molecule has 0 radical (unpaired) electrons. The second kappa shape index (κ2) is 17.1. The predicted octanol–water partition coefficient (Wildman–Crippen LogP) is 19.1. The van der Waals surface area contributed by atoms with Gasteiger partial charge in [-0.15, -0.1) is 22.7 Å². The van der Waals surface area contributed by atoms with Gasteiger partial charge in [0.15, 0.2) is 0 Å². The molecule has 0 atom stereocenters. The van der Waals surface area contributed by atoms with Gasteiger partial charge in [-0.25, -0.2) is 0 Å². The average Bonchev–Trinajstić information content (AvgIpc) is 3.94. The lowest BCUT2D eigenvalue weighted by atomic mass is 9.92. The van der Waals surface area contributed by atoms with Crippen molar-refractivity contribution in [3.63, 3.8) is 0 Å². The lowest BCUT2D eigenvalue weighted by Gasteiger charge is -2.12. The summed E-state index contributed by atoms with van der Waals surface area (Å²) in [5.41, 5.74) is 17.1. The molecule has 12 rings (SSSR count). The Morgan fingerprint density at radius 1 is 0.188 bits per heavy atom. The van der Waals surface area contributed by atoms with E-state index in [1.165, 1.54) is 118 Å². The molecule has 0 saturated carbocycles. The Morgan fingerprint density at radius 2 is 0.391 bits per heavy atom. The summed E-state index contributed by atoms with van der Waals surface area (Å²) in [6.07, 6.45) is 0. The van der Waals surface area contributed by atoms with Gasteiger partial charge in [-0.3, -0.25) is 0 Å². The summed E-state index contributed by atoms with van der Waals surface area (Å²) in [6, 6.07) is 85.0. The second-order valence-corrected chi connectivity index (χ2v) is 18.3. The maximum atomic E-state index is 2.41. The molecule has 2 aromatic heterocycles. The molecule has 0 nitrogen and oxygen atoms in total. The monoisotopic (exact) mass is 852 g/mol. The fourth-order valence-electron chi connectivity index (χ4n) is 9.05. The maximum Gasteiger partial charge on any atom is 0.0355 e. The normalized spacial score (nSPS) is 11.3. The first-order valence-corrected chi connectivity index (χ1v) is 23.8. The smallest absolute Gasteiger partial charge is 0.0355 e. The molecule has 0 saturated heterocycles. The van der Waals surface area contributed by atoms with Crippen molar-refractivity contribution in [1.82, 2.24) is 0 Å². The van der Waals surface area contributed by atoms with E-state index in [0.29, 0.717) is 0 Å². The zero-order valence-corrected chi connectivity index (χ0v) is 37.4. The highest BCUT2D eigenvalue weighted by atomic mass is 32.1. The van der Waals surface area contributed by atoms with Gasteiger partial charge >= 0.3 is 0 Å². The summed E-state index contributed by atoms with van der Waals surface area (Å²) in [4.78, 5) is 0. The van der Waals surface area contributed by atoms with Crippen LogP contribution in [0, 0.1) is 0 Å². The lowest BCUT2D eigenvalue weighted by molar-refractivity contribution is 1.50. The molecule has 12 aromatic rings.